The minimum absolute atomic E-state index is 0.670. The lowest BCUT2D eigenvalue weighted by Crippen LogP contribution is -2.00. The molecule has 1 aromatic heterocycles. The lowest BCUT2D eigenvalue weighted by Gasteiger charge is -2.10. The summed E-state index contributed by atoms with van der Waals surface area (Å²) in [5.74, 6) is 2.01. The normalized spacial score (nSPS) is 11.7. The van der Waals surface area contributed by atoms with Crippen LogP contribution < -0.4 is 0 Å². The Morgan fingerprint density at radius 2 is 0.865 bits per heavy atom. The van der Waals surface area contributed by atoms with Gasteiger partial charge in [-0.2, -0.15) is 0 Å². The molecule has 5 aromatic carbocycles. The minimum Gasteiger partial charge on any atom is -0.208 e. The summed E-state index contributed by atoms with van der Waals surface area (Å²) < 4.78 is 0. The molecule has 1 aliphatic carbocycles. The van der Waals surface area contributed by atoms with Crippen LogP contribution in [0.5, 0.6) is 0 Å². The summed E-state index contributed by atoms with van der Waals surface area (Å²) in [6.07, 6.45) is 0.980. The molecule has 0 fully saturated rings. The fourth-order valence-electron chi connectivity index (χ4n) is 5.10. The average molecular weight is 474 g/mol. The number of rotatable bonds is 4. The SMILES string of the molecule is c1ccc(-c2nc(-c3ccccc3)nc(-c3cccc(-c4ccc5c(c4)Cc4ccccc4-5)c3)n2)cc1. The van der Waals surface area contributed by atoms with Gasteiger partial charge in [0.15, 0.2) is 17.5 Å². The summed E-state index contributed by atoms with van der Waals surface area (Å²) in [6, 6.07) is 44.2. The maximum atomic E-state index is 4.90. The largest absolute Gasteiger partial charge is 0.208 e. The van der Waals surface area contributed by atoms with Crippen LogP contribution in [0.3, 0.4) is 0 Å². The summed E-state index contributed by atoms with van der Waals surface area (Å²) >= 11 is 0. The molecule has 1 aliphatic rings. The number of nitrogens with zero attached hydrogens (tertiary/aromatic N) is 3. The first kappa shape index (κ1) is 21.4. The standard InChI is InChI=1S/C34H23N3/c1-3-10-23(11-4-1)32-35-33(24-12-5-2-6-13-24)37-34(36-32)28-16-9-15-25(20-28)26-18-19-31-29(21-26)22-27-14-7-8-17-30(27)31/h1-21H,22H2. The third-order valence-corrected chi connectivity index (χ3v) is 6.95. The maximum absolute atomic E-state index is 4.90. The van der Waals surface area contributed by atoms with Crippen molar-refractivity contribution in [3.05, 3.63) is 139 Å². The lowest BCUT2D eigenvalue weighted by atomic mass is 9.98. The van der Waals surface area contributed by atoms with Crippen LogP contribution in [0.4, 0.5) is 0 Å². The number of hydrogen-bond donors (Lipinski definition) is 0. The van der Waals surface area contributed by atoms with Crippen LogP contribution in [-0.2, 0) is 6.42 Å². The van der Waals surface area contributed by atoms with Crippen LogP contribution in [0.15, 0.2) is 127 Å². The van der Waals surface area contributed by atoms with E-state index in [9.17, 15) is 0 Å². The molecule has 0 unspecified atom stereocenters. The molecular formula is C34H23N3. The van der Waals surface area contributed by atoms with E-state index in [-0.39, 0.29) is 0 Å². The van der Waals surface area contributed by atoms with Crippen molar-refractivity contribution in [2.75, 3.05) is 0 Å². The van der Waals surface area contributed by atoms with Gasteiger partial charge in [-0.25, -0.2) is 15.0 Å². The quantitative estimate of drug-likeness (QED) is 0.259. The first-order valence-electron chi connectivity index (χ1n) is 12.5. The first-order chi connectivity index (χ1) is 18.3. The molecule has 0 N–H and O–H groups in total. The van der Waals surface area contributed by atoms with E-state index in [4.69, 9.17) is 15.0 Å². The molecule has 0 aliphatic heterocycles. The third kappa shape index (κ3) is 4.01. The number of hydrogen-bond acceptors (Lipinski definition) is 3. The molecule has 0 bridgehead atoms. The van der Waals surface area contributed by atoms with E-state index in [1.165, 1.54) is 27.8 Å². The number of fused-ring (bicyclic) bond motifs is 3. The van der Waals surface area contributed by atoms with E-state index in [1.807, 2.05) is 60.7 Å². The lowest BCUT2D eigenvalue weighted by molar-refractivity contribution is 1.07. The molecule has 0 saturated heterocycles. The summed E-state index contributed by atoms with van der Waals surface area (Å²) in [6.45, 7) is 0. The molecule has 174 valence electrons. The van der Waals surface area contributed by atoms with E-state index in [2.05, 4.69) is 66.7 Å². The molecule has 3 heteroatoms. The van der Waals surface area contributed by atoms with Crippen molar-refractivity contribution < 1.29 is 0 Å². The summed E-state index contributed by atoms with van der Waals surface area (Å²) in [4.78, 5) is 14.6. The zero-order valence-corrected chi connectivity index (χ0v) is 20.2. The van der Waals surface area contributed by atoms with Gasteiger partial charge in [-0.05, 0) is 45.9 Å². The van der Waals surface area contributed by atoms with Crippen molar-refractivity contribution in [1.29, 1.82) is 0 Å². The van der Waals surface area contributed by atoms with Crippen LogP contribution >= 0.6 is 0 Å². The Labute approximate surface area is 216 Å². The second-order valence-corrected chi connectivity index (χ2v) is 9.32. The van der Waals surface area contributed by atoms with Crippen molar-refractivity contribution in [2.24, 2.45) is 0 Å². The Balaban J connectivity index is 1.32. The van der Waals surface area contributed by atoms with E-state index in [1.54, 1.807) is 0 Å². The molecule has 0 spiro atoms. The maximum Gasteiger partial charge on any atom is 0.164 e. The van der Waals surface area contributed by atoms with Gasteiger partial charge < -0.3 is 0 Å². The van der Waals surface area contributed by atoms with E-state index >= 15 is 0 Å². The van der Waals surface area contributed by atoms with Gasteiger partial charge in [0.2, 0.25) is 0 Å². The first-order valence-corrected chi connectivity index (χ1v) is 12.5. The van der Waals surface area contributed by atoms with Crippen LogP contribution in [0, 0.1) is 0 Å². The van der Waals surface area contributed by atoms with E-state index in [0.29, 0.717) is 17.5 Å². The second kappa shape index (κ2) is 8.96. The summed E-state index contributed by atoms with van der Waals surface area (Å²) in [5, 5.41) is 0. The molecular weight excluding hydrogens is 450 g/mol. The Morgan fingerprint density at radius 3 is 1.57 bits per heavy atom. The van der Waals surface area contributed by atoms with Gasteiger partial charge in [-0.15, -0.1) is 0 Å². The number of benzene rings is 5. The van der Waals surface area contributed by atoms with Gasteiger partial charge in [0.25, 0.3) is 0 Å². The summed E-state index contributed by atoms with van der Waals surface area (Å²) in [7, 11) is 0. The van der Waals surface area contributed by atoms with Crippen molar-refractivity contribution in [2.45, 2.75) is 6.42 Å². The molecule has 6 aromatic rings. The van der Waals surface area contributed by atoms with Crippen LogP contribution in [0.25, 0.3) is 56.4 Å². The highest BCUT2D eigenvalue weighted by molar-refractivity contribution is 5.81. The molecule has 7 rings (SSSR count). The van der Waals surface area contributed by atoms with Crippen molar-refractivity contribution in [1.82, 2.24) is 15.0 Å². The zero-order valence-electron chi connectivity index (χ0n) is 20.2. The Bertz CT molecular complexity index is 1680. The molecule has 37 heavy (non-hydrogen) atoms. The van der Waals surface area contributed by atoms with Crippen molar-refractivity contribution >= 4 is 0 Å². The molecule has 0 radical (unpaired) electrons. The molecule has 0 saturated carbocycles. The van der Waals surface area contributed by atoms with Crippen molar-refractivity contribution in [3.8, 4) is 56.4 Å². The molecule has 1 heterocycles. The molecule has 0 amide bonds. The molecule has 3 nitrogen and oxygen atoms in total. The zero-order chi connectivity index (χ0) is 24.6. The van der Waals surface area contributed by atoms with E-state index in [0.717, 1.165) is 28.7 Å². The Morgan fingerprint density at radius 1 is 0.351 bits per heavy atom. The predicted molar refractivity (Wildman–Crippen MR) is 150 cm³/mol. The highest BCUT2D eigenvalue weighted by Gasteiger charge is 2.18. The Kier molecular flexibility index (Phi) is 5.18. The van der Waals surface area contributed by atoms with Gasteiger partial charge in [-0.3, -0.25) is 0 Å². The van der Waals surface area contributed by atoms with Gasteiger partial charge in [0.05, 0.1) is 0 Å². The molecule has 0 atom stereocenters. The Hall–Kier alpha value is -4.89. The van der Waals surface area contributed by atoms with Gasteiger partial charge in [0.1, 0.15) is 0 Å². The minimum atomic E-state index is 0.670. The van der Waals surface area contributed by atoms with Gasteiger partial charge in [-0.1, -0.05) is 121 Å². The fraction of sp³-hybridized carbons (Fsp3) is 0.0294. The smallest absolute Gasteiger partial charge is 0.164 e. The number of aromatic nitrogens is 3. The topological polar surface area (TPSA) is 38.7 Å². The highest BCUT2D eigenvalue weighted by atomic mass is 15.0. The van der Waals surface area contributed by atoms with Crippen LogP contribution in [0.2, 0.25) is 0 Å². The second-order valence-electron chi connectivity index (χ2n) is 9.32. The van der Waals surface area contributed by atoms with Crippen LogP contribution in [0.1, 0.15) is 11.1 Å². The average Bonchev–Trinajstić information content (AvgIpc) is 3.36. The van der Waals surface area contributed by atoms with Crippen LogP contribution in [-0.4, -0.2) is 15.0 Å². The van der Waals surface area contributed by atoms with Gasteiger partial charge >= 0.3 is 0 Å². The van der Waals surface area contributed by atoms with E-state index < -0.39 is 0 Å². The predicted octanol–water partition coefficient (Wildman–Crippen LogP) is 8.11. The highest BCUT2D eigenvalue weighted by Crippen LogP contribution is 2.39. The van der Waals surface area contributed by atoms with Crippen molar-refractivity contribution in [3.63, 3.8) is 0 Å². The monoisotopic (exact) mass is 473 g/mol. The van der Waals surface area contributed by atoms with Gasteiger partial charge in [0, 0.05) is 16.7 Å². The third-order valence-electron chi connectivity index (χ3n) is 6.95. The fourth-order valence-corrected chi connectivity index (χ4v) is 5.10. The summed E-state index contributed by atoms with van der Waals surface area (Å²) in [5.41, 5.74) is 10.7.